The van der Waals surface area contributed by atoms with E-state index in [2.05, 4.69) is 5.32 Å². The zero-order valence-electron chi connectivity index (χ0n) is 12.9. The van der Waals surface area contributed by atoms with Gasteiger partial charge in [0.2, 0.25) is 11.8 Å². The normalized spacial score (nSPS) is 23.6. The van der Waals surface area contributed by atoms with Crippen LogP contribution in [0.4, 0.5) is 0 Å². The fourth-order valence-corrected chi connectivity index (χ4v) is 3.04. The first-order chi connectivity index (χ1) is 10.9. The predicted molar refractivity (Wildman–Crippen MR) is 79.1 cm³/mol. The average Bonchev–Trinajstić information content (AvgIpc) is 3.13. The zero-order valence-corrected chi connectivity index (χ0v) is 12.9. The van der Waals surface area contributed by atoms with Gasteiger partial charge in [-0.3, -0.25) is 9.59 Å². The van der Waals surface area contributed by atoms with Crippen LogP contribution in [0.25, 0.3) is 0 Å². The van der Waals surface area contributed by atoms with Crippen LogP contribution in [-0.2, 0) is 20.9 Å². The maximum atomic E-state index is 12.4. The van der Waals surface area contributed by atoms with Crippen molar-refractivity contribution >= 4 is 17.8 Å². The van der Waals surface area contributed by atoms with Gasteiger partial charge in [-0.15, -0.1) is 0 Å². The summed E-state index contributed by atoms with van der Waals surface area (Å²) in [6.07, 6.45) is 3.25. The van der Waals surface area contributed by atoms with Gasteiger partial charge in [-0.25, -0.2) is 4.79 Å². The summed E-state index contributed by atoms with van der Waals surface area (Å²) in [4.78, 5) is 37.5. The van der Waals surface area contributed by atoms with Crippen LogP contribution in [0.3, 0.4) is 0 Å². The Labute approximate surface area is 133 Å². The Morgan fingerprint density at radius 2 is 2.22 bits per heavy atom. The van der Waals surface area contributed by atoms with Crippen LogP contribution in [0.1, 0.15) is 31.9 Å². The van der Waals surface area contributed by atoms with Gasteiger partial charge < -0.3 is 19.7 Å². The van der Waals surface area contributed by atoms with Gasteiger partial charge in [-0.2, -0.15) is 0 Å². The lowest BCUT2D eigenvalue weighted by Gasteiger charge is -2.27. The van der Waals surface area contributed by atoms with Gasteiger partial charge in [0.05, 0.1) is 18.7 Å². The summed E-state index contributed by atoms with van der Waals surface area (Å²) in [6, 6.07) is 3.52. The average molecular weight is 320 g/mol. The van der Waals surface area contributed by atoms with E-state index in [-0.39, 0.29) is 30.7 Å². The Hall–Kier alpha value is -2.31. The number of nitrogens with one attached hydrogen (secondary N) is 1. The lowest BCUT2D eigenvalue weighted by molar-refractivity contribution is -0.148. The molecule has 3 rings (SSSR count). The number of carbonyl (C=O) groups excluding carboxylic acids is 2. The fourth-order valence-electron chi connectivity index (χ4n) is 3.04. The zero-order chi connectivity index (χ0) is 16.6. The molecule has 2 amide bonds. The lowest BCUT2D eigenvalue weighted by atomic mass is 9.94. The summed E-state index contributed by atoms with van der Waals surface area (Å²) in [6.45, 7) is 2.16. The summed E-state index contributed by atoms with van der Waals surface area (Å²) >= 11 is 0. The number of carboxylic acids is 1. The molecular weight excluding hydrogens is 300 g/mol. The first kappa shape index (κ1) is 15.6. The molecule has 1 aromatic heterocycles. The van der Waals surface area contributed by atoms with Crippen LogP contribution >= 0.6 is 0 Å². The summed E-state index contributed by atoms with van der Waals surface area (Å²) in [5, 5.41) is 12.1. The maximum Gasteiger partial charge on any atom is 0.329 e. The monoisotopic (exact) mass is 320 g/mol. The fraction of sp³-hybridized carbons (Fsp3) is 0.562. The van der Waals surface area contributed by atoms with E-state index in [0.29, 0.717) is 12.3 Å². The molecule has 1 aliphatic heterocycles. The van der Waals surface area contributed by atoms with Gasteiger partial charge in [-0.05, 0) is 37.8 Å². The smallest absolute Gasteiger partial charge is 0.329 e. The summed E-state index contributed by atoms with van der Waals surface area (Å²) < 4.78 is 5.22. The van der Waals surface area contributed by atoms with E-state index < -0.39 is 17.4 Å². The molecule has 0 radical (unpaired) electrons. The first-order valence-electron chi connectivity index (χ1n) is 7.75. The second-order valence-corrected chi connectivity index (χ2v) is 6.53. The minimum Gasteiger partial charge on any atom is -0.480 e. The van der Waals surface area contributed by atoms with Crippen LogP contribution in [0.2, 0.25) is 0 Å². The molecule has 23 heavy (non-hydrogen) atoms. The number of hydrogen-bond acceptors (Lipinski definition) is 4. The second kappa shape index (κ2) is 5.72. The first-order valence-corrected chi connectivity index (χ1v) is 7.75. The number of carbonyl (C=O) groups is 3. The molecule has 7 heteroatoms. The molecule has 0 bridgehead atoms. The van der Waals surface area contributed by atoms with Crippen LogP contribution in [0.5, 0.6) is 0 Å². The second-order valence-electron chi connectivity index (χ2n) is 6.53. The number of amides is 2. The summed E-state index contributed by atoms with van der Waals surface area (Å²) in [5.74, 6) is -1.39. The predicted octanol–water partition coefficient (Wildman–Crippen LogP) is 0.998. The minimum atomic E-state index is -1.24. The molecule has 1 saturated carbocycles. The highest BCUT2D eigenvalue weighted by atomic mass is 16.4. The van der Waals surface area contributed by atoms with Crippen LogP contribution in [-0.4, -0.2) is 39.9 Å². The van der Waals surface area contributed by atoms with Crippen LogP contribution in [0.15, 0.2) is 22.8 Å². The van der Waals surface area contributed by atoms with E-state index in [1.54, 1.807) is 24.0 Å². The molecule has 0 aromatic carbocycles. The molecule has 7 nitrogen and oxygen atoms in total. The molecule has 124 valence electrons. The van der Waals surface area contributed by atoms with Crippen LogP contribution < -0.4 is 5.32 Å². The van der Waals surface area contributed by atoms with E-state index in [1.165, 1.54) is 6.26 Å². The number of aliphatic carboxylic acids is 1. The molecule has 2 atom stereocenters. The molecular formula is C16H20N2O5. The Balaban J connectivity index is 1.62. The molecule has 2 heterocycles. The van der Waals surface area contributed by atoms with Crippen molar-refractivity contribution in [2.75, 3.05) is 6.54 Å². The topological polar surface area (TPSA) is 99.9 Å². The number of nitrogens with zero attached hydrogens (tertiary/aromatic N) is 1. The highest BCUT2D eigenvalue weighted by Crippen LogP contribution is 2.40. The molecule has 2 aliphatic rings. The Bertz CT molecular complexity index is 622. The third kappa shape index (κ3) is 3.09. The van der Waals surface area contributed by atoms with E-state index in [4.69, 9.17) is 4.42 Å². The Morgan fingerprint density at radius 3 is 2.78 bits per heavy atom. The van der Waals surface area contributed by atoms with Gasteiger partial charge in [0.25, 0.3) is 0 Å². The third-order valence-corrected chi connectivity index (χ3v) is 4.73. The molecule has 0 spiro atoms. The van der Waals surface area contributed by atoms with Crippen molar-refractivity contribution < 1.29 is 23.9 Å². The molecule has 2 fully saturated rings. The van der Waals surface area contributed by atoms with E-state index >= 15 is 0 Å². The van der Waals surface area contributed by atoms with Crippen molar-refractivity contribution in [2.24, 2.45) is 11.8 Å². The number of rotatable bonds is 6. The molecule has 2 unspecified atom stereocenters. The minimum absolute atomic E-state index is 0.0275. The summed E-state index contributed by atoms with van der Waals surface area (Å²) in [7, 11) is 0. The van der Waals surface area contributed by atoms with Crippen molar-refractivity contribution in [2.45, 2.75) is 38.3 Å². The van der Waals surface area contributed by atoms with Crippen molar-refractivity contribution in [1.82, 2.24) is 10.2 Å². The van der Waals surface area contributed by atoms with E-state index in [1.807, 2.05) is 0 Å². The van der Waals surface area contributed by atoms with Gasteiger partial charge in [0.1, 0.15) is 11.3 Å². The van der Waals surface area contributed by atoms with Crippen molar-refractivity contribution in [1.29, 1.82) is 0 Å². The quantitative estimate of drug-likeness (QED) is 0.814. The van der Waals surface area contributed by atoms with Crippen molar-refractivity contribution in [3.63, 3.8) is 0 Å². The van der Waals surface area contributed by atoms with E-state index in [0.717, 1.165) is 12.8 Å². The van der Waals surface area contributed by atoms with Crippen molar-refractivity contribution in [3.8, 4) is 0 Å². The number of hydrogen-bond donors (Lipinski definition) is 2. The maximum absolute atomic E-state index is 12.4. The molecule has 2 N–H and O–H groups in total. The highest BCUT2D eigenvalue weighted by Gasteiger charge is 2.49. The SMILES string of the molecule is CC(NC(=O)C1CC(=O)N(Cc2ccco2)C1)(C(=O)O)C1CC1. The van der Waals surface area contributed by atoms with Gasteiger partial charge in [-0.1, -0.05) is 0 Å². The van der Waals surface area contributed by atoms with Crippen LogP contribution in [0, 0.1) is 11.8 Å². The van der Waals surface area contributed by atoms with E-state index in [9.17, 15) is 19.5 Å². The summed E-state index contributed by atoms with van der Waals surface area (Å²) in [5.41, 5.74) is -1.24. The van der Waals surface area contributed by atoms with Crippen molar-refractivity contribution in [3.05, 3.63) is 24.2 Å². The lowest BCUT2D eigenvalue weighted by Crippen LogP contribution is -2.55. The Morgan fingerprint density at radius 1 is 1.48 bits per heavy atom. The van der Waals surface area contributed by atoms with Gasteiger partial charge in [0.15, 0.2) is 0 Å². The third-order valence-electron chi connectivity index (χ3n) is 4.73. The Kier molecular flexibility index (Phi) is 3.87. The largest absolute Gasteiger partial charge is 0.480 e. The number of likely N-dealkylation sites (tertiary alicyclic amines) is 1. The molecule has 1 saturated heterocycles. The molecule has 1 aliphatic carbocycles. The van der Waals surface area contributed by atoms with Gasteiger partial charge in [0, 0.05) is 13.0 Å². The highest BCUT2D eigenvalue weighted by molar-refractivity contribution is 5.92. The van der Waals surface area contributed by atoms with Gasteiger partial charge >= 0.3 is 5.97 Å². The molecule has 1 aromatic rings. The number of furan rings is 1. The number of carboxylic acid groups (broad SMARTS) is 1. The standard InChI is InChI=1S/C16H20N2O5/c1-16(15(21)22,11-4-5-11)17-14(20)10-7-13(19)18(8-10)9-12-3-2-6-23-12/h2-3,6,10-11H,4-5,7-9H2,1H3,(H,17,20)(H,21,22).